The molecule has 0 N–H and O–H groups in total. The molecule has 11 heteroatoms. The molecule has 3 aromatic carbocycles. The van der Waals surface area contributed by atoms with Gasteiger partial charge in [-0.05, 0) is 66.6 Å². The van der Waals surface area contributed by atoms with Gasteiger partial charge >= 0.3 is 0 Å². The summed E-state index contributed by atoms with van der Waals surface area (Å²) in [6, 6.07) is 16.4. The van der Waals surface area contributed by atoms with E-state index in [1.807, 2.05) is 18.5 Å². The molecule has 4 aromatic rings. The summed E-state index contributed by atoms with van der Waals surface area (Å²) in [4.78, 5) is 5.56. The Morgan fingerprint density at radius 3 is 2.32 bits per heavy atom. The minimum Gasteiger partial charge on any atom is -0.493 e. The second-order valence-corrected chi connectivity index (χ2v) is 12.6. The Hall–Kier alpha value is -2.33. The number of hydrogen-bond acceptors (Lipinski definition) is 6. The Bertz CT molecular complexity index is 1510. The highest BCUT2D eigenvalue weighted by atomic mass is 35.5. The van der Waals surface area contributed by atoms with Gasteiger partial charge in [0.05, 0.1) is 29.8 Å². The first kappa shape index (κ1) is 28.7. The molecule has 1 aromatic heterocycles. The van der Waals surface area contributed by atoms with Crippen molar-refractivity contribution >= 4 is 56.2 Å². The van der Waals surface area contributed by atoms with E-state index in [-0.39, 0.29) is 18.0 Å². The van der Waals surface area contributed by atoms with E-state index in [0.717, 1.165) is 17.7 Å². The number of sulfonamides is 1. The number of halogens is 3. The third-order valence-electron chi connectivity index (χ3n) is 5.83. The van der Waals surface area contributed by atoms with Crippen molar-refractivity contribution in [1.82, 2.24) is 9.29 Å². The van der Waals surface area contributed by atoms with Crippen LogP contribution in [0.4, 0.5) is 0 Å². The Kier molecular flexibility index (Phi) is 9.57. The van der Waals surface area contributed by atoms with Gasteiger partial charge in [0, 0.05) is 39.5 Å². The highest BCUT2D eigenvalue weighted by molar-refractivity contribution is 7.89. The quantitative estimate of drug-likeness (QED) is 0.176. The summed E-state index contributed by atoms with van der Waals surface area (Å²) < 4.78 is 40.3. The van der Waals surface area contributed by atoms with Crippen LogP contribution in [0.2, 0.25) is 15.1 Å². The fourth-order valence-electron chi connectivity index (χ4n) is 3.77. The van der Waals surface area contributed by atoms with E-state index < -0.39 is 10.0 Å². The molecule has 0 aliphatic heterocycles. The smallest absolute Gasteiger partial charge is 0.243 e. The van der Waals surface area contributed by atoms with E-state index in [1.54, 1.807) is 60.9 Å². The summed E-state index contributed by atoms with van der Waals surface area (Å²) in [7, 11) is -2.36. The number of rotatable bonds is 11. The van der Waals surface area contributed by atoms with Crippen molar-refractivity contribution in [2.24, 2.45) is 0 Å². The van der Waals surface area contributed by atoms with E-state index >= 15 is 0 Å². The third-order valence-corrected chi connectivity index (χ3v) is 9.47. The molecule has 0 radical (unpaired) electrons. The van der Waals surface area contributed by atoms with Gasteiger partial charge < -0.3 is 9.47 Å². The molecule has 6 nitrogen and oxygen atoms in total. The fourth-order valence-corrected chi connectivity index (χ4v) is 6.54. The fraction of sp³-hybridized carbons (Fsp3) is 0.222. The number of thiazole rings is 1. The number of methoxy groups -OCH3 is 1. The molecule has 0 unspecified atom stereocenters. The largest absolute Gasteiger partial charge is 0.493 e. The van der Waals surface area contributed by atoms with Crippen molar-refractivity contribution in [2.75, 3.05) is 13.7 Å². The lowest BCUT2D eigenvalue weighted by atomic mass is 10.2. The molecule has 0 atom stereocenters. The normalized spacial score (nSPS) is 11.6. The zero-order valence-corrected chi connectivity index (χ0v) is 24.6. The summed E-state index contributed by atoms with van der Waals surface area (Å²) in [6.07, 6.45) is 0.733. The van der Waals surface area contributed by atoms with Crippen LogP contribution in [-0.2, 0) is 29.5 Å². The van der Waals surface area contributed by atoms with Crippen LogP contribution in [0.15, 0.2) is 71.1 Å². The Balaban J connectivity index is 1.59. The molecule has 4 rings (SSSR count). The minimum absolute atomic E-state index is 0.0374. The van der Waals surface area contributed by atoms with Gasteiger partial charge in [-0.1, -0.05) is 46.9 Å². The van der Waals surface area contributed by atoms with Gasteiger partial charge in [-0.3, -0.25) is 0 Å². The van der Waals surface area contributed by atoms with E-state index in [4.69, 9.17) is 44.3 Å². The number of nitrogens with zero attached hydrogens (tertiary/aromatic N) is 2. The molecule has 200 valence electrons. The van der Waals surface area contributed by atoms with Crippen LogP contribution >= 0.6 is 46.1 Å². The average Bonchev–Trinajstić information content (AvgIpc) is 3.30. The summed E-state index contributed by atoms with van der Waals surface area (Å²) in [6.45, 7) is 2.55. The van der Waals surface area contributed by atoms with Crippen LogP contribution in [0.1, 0.15) is 21.7 Å². The van der Waals surface area contributed by atoms with Gasteiger partial charge in [-0.2, -0.15) is 4.31 Å². The molecule has 0 saturated carbocycles. The van der Waals surface area contributed by atoms with Crippen molar-refractivity contribution in [3.8, 4) is 11.5 Å². The van der Waals surface area contributed by atoms with Gasteiger partial charge in [-0.25, -0.2) is 13.4 Å². The van der Waals surface area contributed by atoms with Crippen LogP contribution in [0, 0.1) is 6.92 Å². The molecule has 38 heavy (non-hydrogen) atoms. The molecule has 0 bridgehead atoms. The zero-order chi connectivity index (χ0) is 27.3. The van der Waals surface area contributed by atoms with Crippen LogP contribution < -0.4 is 9.47 Å². The standard InChI is InChI=1S/C27H25Cl3N2O4S2/c1-18-27(37-17-31-18)11-12-36-25-10-3-19(13-26(25)35-2)15-32(16-20-4-5-22(29)14-24(20)30)38(33,34)23-8-6-21(28)7-9-23/h3-10,13-14,17H,11-12,15-16H2,1-2H3. The Morgan fingerprint density at radius 2 is 1.66 bits per heavy atom. The van der Waals surface area contributed by atoms with Gasteiger partial charge in [-0.15, -0.1) is 11.3 Å². The van der Waals surface area contributed by atoms with Gasteiger partial charge in [0.15, 0.2) is 11.5 Å². The SMILES string of the molecule is COc1cc(CN(Cc2ccc(Cl)cc2Cl)S(=O)(=O)c2ccc(Cl)cc2)ccc1OCCc1scnc1C. The maximum atomic E-state index is 13.7. The van der Waals surface area contributed by atoms with Crippen molar-refractivity contribution in [2.45, 2.75) is 31.3 Å². The predicted molar refractivity (Wildman–Crippen MR) is 153 cm³/mol. The maximum Gasteiger partial charge on any atom is 0.243 e. The molecule has 0 fully saturated rings. The van der Waals surface area contributed by atoms with Gasteiger partial charge in [0.2, 0.25) is 10.0 Å². The Morgan fingerprint density at radius 1 is 0.921 bits per heavy atom. The monoisotopic (exact) mass is 610 g/mol. The number of aromatic nitrogens is 1. The number of ether oxygens (including phenoxy) is 2. The molecule has 1 heterocycles. The average molecular weight is 612 g/mol. The lowest BCUT2D eigenvalue weighted by Crippen LogP contribution is -2.30. The van der Waals surface area contributed by atoms with Crippen LogP contribution in [-0.4, -0.2) is 31.4 Å². The summed E-state index contributed by atoms with van der Waals surface area (Å²) in [5, 5.41) is 1.30. The van der Waals surface area contributed by atoms with E-state index in [0.29, 0.717) is 38.7 Å². The lowest BCUT2D eigenvalue weighted by Gasteiger charge is -2.24. The van der Waals surface area contributed by atoms with Crippen molar-refractivity contribution < 1.29 is 17.9 Å². The van der Waals surface area contributed by atoms with Crippen LogP contribution in [0.3, 0.4) is 0 Å². The maximum absolute atomic E-state index is 13.7. The first-order valence-electron chi connectivity index (χ1n) is 11.6. The topological polar surface area (TPSA) is 68.7 Å². The van der Waals surface area contributed by atoms with Crippen LogP contribution in [0.25, 0.3) is 0 Å². The van der Waals surface area contributed by atoms with Crippen molar-refractivity contribution in [1.29, 1.82) is 0 Å². The molecule has 0 aliphatic rings. The lowest BCUT2D eigenvalue weighted by molar-refractivity contribution is 0.297. The van der Waals surface area contributed by atoms with Crippen LogP contribution in [0.5, 0.6) is 11.5 Å². The van der Waals surface area contributed by atoms with Crippen molar-refractivity contribution in [3.05, 3.63) is 103 Å². The second kappa shape index (κ2) is 12.7. The predicted octanol–water partition coefficient (Wildman–Crippen LogP) is 7.43. The van der Waals surface area contributed by atoms with E-state index in [1.165, 1.54) is 21.3 Å². The molecule has 0 spiro atoms. The highest BCUT2D eigenvalue weighted by Crippen LogP contribution is 2.31. The molecule has 0 saturated heterocycles. The first-order valence-corrected chi connectivity index (χ1v) is 15.0. The highest BCUT2D eigenvalue weighted by Gasteiger charge is 2.26. The summed E-state index contributed by atoms with van der Waals surface area (Å²) in [5.41, 5.74) is 4.17. The summed E-state index contributed by atoms with van der Waals surface area (Å²) in [5.74, 6) is 1.09. The molecular formula is C27H25Cl3N2O4S2. The third kappa shape index (κ3) is 7.00. The number of hydrogen-bond donors (Lipinski definition) is 0. The number of benzene rings is 3. The molecule has 0 aliphatic carbocycles. The van der Waals surface area contributed by atoms with E-state index in [2.05, 4.69) is 4.98 Å². The summed E-state index contributed by atoms with van der Waals surface area (Å²) >= 11 is 20.0. The first-order chi connectivity index (χ1) is 18.2. The van der Waals surface area contributed by atoms with Gasteiger partial charge in [0.25, 0.3) is 0 Å². The minimum atomic E-state index is -3.91. The number of aryl methyl sites for hydroxylation is 1. The second-order valence-electron chi connectivity index (χ2n) is 8.41. The zero-order valence-electron chi connectivity index (χ0n) is 20.7. The van der Waals surface area contributed by atoms with E-state index in [9.17, 15) is 8.42 Å². The molecule has 0 amide bonds. The molecular weight excluding hydrogens is 587 g/mol. The Labute approximate surface area is 241 Å². The van der Waals surface area contributed by atoms with Crippen molar-refractivity contribution in [3.63, 3.8) is 0 Å². The van der Waals surface area contributed by atoms with Gasteiger partial charge in [0.1, 0.15) is 0 Å².